The van der Waals surface area contributed by atoms with Crippen LogP contribution in [0.15, 0.2) is 47.6 Å². The lowest BCUT2D eigenvalue weighted by Crippen LogP contribution is -2.20. The maximum atomic E-state index is 12.7. The van der Waals surface area contributed by atoms with Gasteiger partial charge in [0.2, 0.25) is 0 Å². The first-order valence-electron chi connectivity index (χ1n) is 6.85. The van der Waals surface area contributed by atoms with Crippen LogP contribution in [0.5, 0.6) is 0 Å². The van der Waals surface area contributed by atoms with E-state index in [4.69, 9.17) is 0 Å². The molecule has 0 fully saturated rings. The van der Waals surface area contributed by atoms with E-state index in [0.29, 0.717) is 5.56 Å². The molecule has 1 N–H and O–H groups in total. The van der Waals surface area contributed by atoms with Crippen LogP contribution < -0.4 is 5.43 Å². The van der Waals surface area contributed by atoms with E-state index in [1.807, 2.05) is 5.43 Å². The van der Waals surface area contributed by atoms with Crippen molar-refractivity contribution in [3.05, 3.63) is 70.5 Å². The van der Waals surface area contributed by atoms with Gasteiger partial charge in [-0.3, -0.25) is 4.79 Å². The van der Waals surface area contributed by atoms with Gasteiger partial charge in [-0.15, -0.1) is 0 Å². The lowest BCUT2D eigenvalue weighted by Gasteiger charge is -2.13. The Morgan fingerprint density at radius 2 is 1.38 bits per heavy atom. The number of hydrogen-bond donors (Lipinski definition) is 1. The molecule has 0 spiro atoms. The summed E-state index contributed by atoms with van der Waals surface area (Å²) in [5, 5.41) is 3.42. The first-order chi connectivity index (χ1) is 12.0. The Bertz CT molecular complexity index is 792. The minimum atomic E-state index is -5.06. The van der Waals surface area contributed by atoms with Crippen molar-refractivity contribution in [2.45, 2.75) is 12.4 Å². The van der Waals surface area contributed by atoms with Crippen molar-refractivity contribution in [2.75, 3.05) is 0 Å². The van der Waals surface area contributed by atoms with Crippen molar-refractivity contribution >= 4 is 12.1 Å². The maximum absolute atomic E-state index is 12.7. The number of hydrazone groups is 1. The fourth-order valence-corrected chi connectivity index (χ4v) is 1.86. The number of nitrogens with zero attached hydrogens (tertiary/aromatic N) is 1. The molecule has 0 aliphatic carbocycles. The fourth-order valence-electron chi connectivity index (χ4n) is 1.86. The van der Waals surface area contributed by atoms with Crippen molar-refractivity contribution in [2.24, 2.45) is 5.10 Å². The summed E-state index contributed by atoms with van der Waals surface area (Å²) in [6.07, 6.45) is -9.07. The molecule has 3 nitrogen and oxygen atoms in total. The molecule has 0 bridgehead atoms. The zero-order valence-corrected chi connectivity index (χ0v) is 12.6. The minimum absolute atomic E-state index is 0.0848. The average molecular weight is 378 g/mol. The van der Waals surface area contributed by atoms with E-state index < -0.39 is 40.8 Å². The van der Waals surface area contributed by atoms with Gasteiger partial charge in [0, 0.05) is 5.56 Å². The molecule has 0 atom stereocenters. The molecule has 0 aliphatic heterocycles. The number of amides is 1. The average Bonchev–Trinajstić information content (AvgIpc) is 2.54. The molecule has 0 radical (unpaired) electrons. The summed E-state index contributed by atoms with van der Waals surface area (Å²) in [5.41, 5.74) is -1.91. The summed E-state index contributed by atoms with van der Waals surface area (Å²) in [5.74, 6) is -1.78. The van der Waals surface area contributed by atoms with Crippen LogP contribution in [-0.4, -0.2) is 12.1 Å². The molecule has 0 saturated heterocycles. The van der Waals surface area contributed by atoms with Crippen LogP contribution in [0.2, 0.25) is 0 Å². The molecule has 0 unspecified atom stereocenters. The highest BCUT2D eigenvalue weighted by atomic mass is 19.4. The smallest absolute Gasteiger partial charge is 0.267 e. The van der Waals surface area contributed by atoms with Gasteiger partial charge in [-0.2, -0.15) is 31.4 Å². The number of rotatable bonds is 3. The molecule has 138 valence electrons. The number of carbonyl (C=O) groups is 1. The fraction of sp³-hybridized carbons (Fsp3) is 0.125. The molecule has 2 aromatic carbocycles. The van der Waals surface area contributed by atoms with E-state index in [-0.39, 0.29) is 18.2 Å². The summed E-state index contributed by atoms with van der Waals surface area (Å²) in [6.45, 7) is 0. The minimum Gasteiger partial charge on any atom is -0.267 e. The first-order valence-corrected chi connectivity index (χ1v) is 6.85. The van der Waals surface area contributed by atoms with Gasteiger partial charge in [0.25, 0.3) is 5.91 Å². The van der Waals surface area contributed by atoms with Crippen molar-refractivity contribution in [3.63, 3.8) is 0 Å². The van der Waals surface area contributed by atoms with Gasteiger partial charge in [0.05, 0.1) is 17.3 Å². The molecule has 0 aromatic heterocycles. The van der Waals surface area contributed by atoms with Gasteiger partial charge in [0.1, 0.15) is 5.82 Å². The summed E-state index contributed by atoms with van der Waals surface area (Å²) >= 11 is 0. The number of alkyl halides is 6. The highest BCUT2D eigenvalue weighted by Gasteiger charge is 2.37. The van der Waals surface area contributed by atoms with Crippen molar-refractivity contribution in [3.8, 4) is 0 Å². The second-order valence-electron chi connectivity index (χ2n) is 5.05. The number of benzene rings is 2. The summed E-state index contributed by atoms with van der Waals surface area (Å²) < 4.78 is 89.2. The second-order valence-corrected chi connectivity index (χ2v) is 5.05. The normalized spacial score (nSPS) is 12.4. The molecule has 26 heavy (non-hydrogen) atoms. The number of carbonyl (C=O) groups excluding carboxylic acids is 1. The molecule has 1 amide bonds. The lowest BCUT2D eigenvalue weighted by molar-refractivity contribution is -0.143. The predicted octanol–water partition coefficient (Wildman–Crippen LogP) is 4.63. The summed E-state index contributed by atoms with van der Waals surface area (Å²) in [7, 11) is 0. The Labute approximate surface area is 142 Å². The number of hydrogen-bond acceptors (Lipinski definition) is 2. The van der Waals surface area contributed by atoms with Crippen LogP contribution >= 0.6 is 0 Å². The molecular formula is C16H9F7N2O. The molecule has 10 heteroatoms. The first kappa shape index (κ1) is 19.4. The van der Waals surface area contributed by atoms with Crippen molar-refractivity contribution in [1.82, 2.24) is 5.43 Å². The van der Waals surface area contributed by atoms with Crippen LogP contribution in [0.1, 0.15) is 27.0 Å². The van der Waals surface area contributed by atoms with Crippen molar-refractivity contribution < 1.29 is 35.5 Å². The standard InChI is InChI=1S/C16H9F7N2O/c17-13-3-1-9(2-4-13)8-24-25-14(26)10-5-11(15(18,19)20)7-12(6-10)16(21,22)23/h1-8H,(H,25,26)/b24-8+. The van der Waals surface area contributed by atoms with Crippen molar-refractivity contribution in [1.29, 1.82) is 0 Å². The maximum Gasteiger partial charge on any atom is 0.416 e. The quantitative estimate of drug-likeness (QED) is 0.472. The highest BCUT2D eigenvalue weighted by molar-refractivity contribution is 5.95. The number of halogens is 7. The summed E-state index contributed by atoms with van der Waals surface area (Å²) in [4.78, 5) is 11.8. The monoisotopic (exact) mass is 378 g/mol. The topological polar surface area (TPSA) is 41.5 Å². The Balaban J connectivity index is 2.25. The number of nitrogens with one attached hydrogen (secondary N) is 1. The largest absolute Gasteiger partial charge is 0.416 e. The van der Waals surface area contributed by atoms with Gasteiger partial charge < -0.3 is 0 Å². The molecule has 0 heterocycles. The Kier molecular flexibility index (Phi) is 5.33. The second kappa shape index (κ2) is 7.14. The van der Waals surface area contributed by atoms with E-state index in [1.54, 1.807) is 0 Å². The third-order valence-corrected chi connectivity index (χ3v) is 3.10. The van der Waals surface area contributed by atoms with Gasteiger partial charge in [0.15, 0.2) is 0 Å². The predicted molar refractivity (Wildman–Crippen MR) is 77.9 cm³/mol. The molecular weight excluding hydrogens is 369 g/mol. The zero-order chi connectivity index (χ0) is 19.5. The zero-order valence-electron chi connectivity index (χ0n) is 12.6. The van der Waals surface area contributed by atoms with Crippen LogP contribution in [0.4, 0.5) is 30.7 Å². The molecule has 2 rings (SSSR count). The van der Waals surface area contributed by atoms with E-state index in [9.17, 15) is 35.5 Å². The Morgan fingerprint density at radius 3 is 1.85 bits per heavy atom. The van der Waals surface area contributed by atoms with Gasteiger partial charge >= 0.3 is 12.4 Å². The highest BCUT2D eigenvalue weighted by Crippen LogP contribution is 2.36. The van der Waals surface area contributed by atoms with E-state index in [0.717, 1.165) is 18.3 Å². The van der Waals surface area contributed by atoms with E-state index in [1.165, 1.54) is 12.1 Å². The Morgan fingerprint density at radius 1 is 0.885 bits per heavy atom. The van der Waals surface area contributed by atoms with Gasteiger partial charge in [-0.1, -0.05) is 12.1 Å². The third kappa shape index (κ3) is 5.04. The third-order valence-electron chi connectivity index (χ3n) is 3.10. The van der Waals surface area contributed by atoms with Gasteiger partial charge in [-0.25, -0.2) is 9.82 Å². The SMILES string of the molecule is O=C(N/N=C/c1ccc(F)cc1)c1cc(C(F)(F)F)cc(C(F)(F)F)c1. The van der Waals surface area contributed by atoms with E-state index >= 15 is 0 Å². The molecule has 0 saturated carbocycles. The molecule has 2 aromatic rings. The Hall–Kier alpha value is -2.91. The van der Waals surface area contributed by atoms with Crippen LogP contribution in [0.25, 0.3) is 0 Å². The van der Waals surface area contributed by atoms with Crippen LogP contribution in [0.3, 0.4) is 0 Å². The van der Waals surface area contributed by atoms with Crippen LogP contribution in [-0.2, 0) is 12.4 Å². The van der Waals surface area contributed by atoms with Crippen LogP contribution in [0, 0.1) is 5.82 Å². The van der Waals surface area contributed by atoms with E-state index in [2.05, 4.69) is 5.10 Å². The van der Waals surface area contributed by atoms with Gasteiger partial charge in [-0.05, 0) is 35.9 Å². The molecule has 0 aliphatic rings. The summed E-state index contributed by atoms with van der Waals surface area (Å²) in [6, 6.07) is 5.31. The lowest BCUT2D eigenvalue weighted by atomic mass is 10.0.